The molecule has 2 amide bonds. The van der Waals surface area contributed by atoms with E-state index in [9.17, 15) is 9.59 Å². The predicted octanol–water partition coefficient (Wildman–Crippen LogP) is 1.29. The fourth-order valence-electron chi connectivity index (χ4n) is 1.69. The van der Waals surface area contributed by atoms with Crippen LogP contribution in [0, 0.1) is 0 Å². The van der Waals surface area contributed by atoms with Crippen LogP contribution < -0.4 is 10.1 Å². The molecule has 0 aliphatic heterocycles. The van der Waals surface area contributed by atoms with E-state index < -0.39 is 0 Å². The minimum Gasteiger partial charge on any atom is -0.490 e. The second-order valence-corrected chi connectivity index (χ2v) is 4.81. The quantitative estimate of drug-likeness (QED) is 0.889. The summed E-state index contributed by atoms with van der Waals surface area (Å²) in [6.07, 6.45) is 2.17. The standard InChI is InChI=1S/C14H18N2O3/c1-15-13(17)9-4-7-11(14(18)16(2)3)12(8-9)19-10-5-6-10/h4,7-8,10H,5-6H2,1-3H3,(H,15,17). The monoisotopic (exact) mass is 262 g/mol. The molecule has 1 aliphatic rings. The molecule has 1 aromatic carbocycles. The van der Waals surface area contributed by atoms with Crippen molar-refractivity contribution in [3.05, 3.63) is 29.3 Å². The molecule has 102 valence electrons. The number of carbonyl (C=O) groups is 2. The topological polar surface area (TPSA) is 58.6 Å². The third kappa shape index (κ3) is 3.05. The van der Waals surface area contributed by atoms with Crippen LogP contribution in [0.4, 0.5) is 0 Å². The third-order valence-corrected chi connectivity index (χ3v) is 2.93. The van der Waals surface area contributed by atoms with Gasteiger partial charge in [0.05, 0.1) is 11.7 Å². The number of benzene rings is 1. The van der Waals surface area contributed by atoms with E-state index in [-0.39, 0.29) is 17.9 Å². The Labute approximate surface area is 112 Å². The minimum absolute atomic E-state index is 0.126. The number of hydrogen-bond donors (Lipinski definition) is 1. The summed E-state index contributed by atoms with van der Waals surface area (Å²) in [7, 11) is 4.95. The van der Waals surface area contributed by atoms with Crippen molar-refractivity contribution in [3.63, 3.8) is 0 Å². The highest BCUT2D eigenvalue weighted by Gasteiger charge is 2.26. The van der Waals surface area contributed by atoms with Crippen molar-refractivity contribution in [2.75, 3.05) is 21.1 Å². The van der Waals surface area contributed by atoms with Gasteiger partial charge in [0.25, 0.3) is 11.8 Å². The highest BCUT2D eigenvalue weighted by atomic mass is 16.5. The molecule has 1 aromatic rings. The Kier molecular flexibility index (Phi) is 3.74. The average molecular weight is 262 g/mol. The van der Waals surface area contributed by atoms with E-state index >= 15 is 0 Å². The van der Waals surface area contributed by atoms with Gasteiger partial charge in [-0.05, 0) is 31.0 Å². The van der Waals surface area contributed by atoms with Crippen LogP contribution in [0.3, 0.4) is 0 Å². The van der Waals surface area contributed by atoms with Crippen molar-refractivity contribution in [1.29, 1.82) is 0 Å². The van der Waals surface area contributed by atoms with E-state index in [1.54, 1.807) is 39.3 Å². The zero-order chi connectivity index (χ0) is 14.0. The Morgan fingerprint density at radius 3 is 2.53 bits per heavy atom. The SMILES string of the molecule is CNC(=O)c1ccc(C(=O)N(C)C)c(OC2CC2)c1. The fraction of sp³-hybridized carbons (Fsp3) is 0.429. The van der Waals surface area contributed by atoms with Gasteiger partial charge >= 0.3 is 0 Å². The van der Waals surface area contributed by atoms with E-state index in [4.69, 9.17) is 4.74 Å². The van der Waals surface area contributed by atoms with Gasteiger partial charge in [0.2, 0.25) is 0 Å². The summed E-state index contributed by atoms with van der Waals surface area (Å²) in [6, 6.07) is 4.91. The number of amides is 2. The average Bonchev–Trinajstić information content (AvgIpc) is 3.20. The molecule has 2 rings (SSSR count). The molecule has 0 aromatic heterocycles. The maximum absolute atomic E-state index is 12.1. The van der Waals surface area contributed by atoms with E-state index in [1.807, 2.05) is 0 Å². The Bertz CT molecular complexity index is 507. The van der Waals surface area contributed by atoms with E-state index in [1.165, 1.54) is 4.90 Å². The zero-order valence-electron chi connectivity index (χ0n) is 11.4. The fourth-order valence-corrected chi connectivity index (χ4v) is 1.69. The first-order valence-electron chi connectivity index (χ1n) is 6.27. The molecule has 1 saturated carbocycles. The van der Waals surface area contributed by atoms with Crippen molar-refractivity contribution < 1.29 is 14.3 Å². The van der Waals surface area contributed by atoms with Crippen LogP contribution in [0.1, 0.15) is 33.6 Å². The Hall–Kier alpha value is -2.04. The normalized spacial score (nSPS) is 13.8. The lowest BCUT2D eigenvalue weighted by Gasteiger charge is -2.15. The van der Waals surface area contributed by atoms with Crippen LogP contribution in [0.15, 0.2) is 18.2 Å². The summed E-state index contributed by atoms with van der Waals surface area (Å²) in [5.74, 6) is 0.172. The maximum Gasteiger partial charge on any atom is 0.257 e. The number of nitrogens with zero attached hydrogens (tertiary/aromatic N) is 1. The summed E-state index contributed by atoms with van der Waals surface area (Å²) in [6.45, 7) is 0. The first kappa shape index (κ1) is 13.4. The van der Waals surface area contributed by atoms with Gasteiger partial charge in [0, 0.05) is 26.7 Å². The van der Waals surface area contributed by atoms with Gasteiger partial charge in [-0.25, -0.2) is 0 Å². The molecule has 19 heavy (non-hydrogen) atoms. The van der Waals surface area contributed by atoms with E-state index in [0.29, 0.717) is 16.9 Å². The minimum atomic E-state index is -0.190. The lowest BCUT2D eigenvalue weighted by molar-refractivity contribution is 0.0821. The summed E-state index contributed by atoms with van der Waals surface area (Å²) in [4.78, 5) is 25.2. The van der Waals surface area contributed by atoms with Crippen LogP contribution in [0.5, 0.6) is 5.75 Å². The van der Waals surface area contributed by atoms with Crippen LogP contribution in [-0.4, -0.2) is 44.0 Å². The maximum atomic E-state index is 12.1. The van der Waals surface area contributed by atoms with Crippen molar-refractivity contribution in [3.8, 4) is 5.75 Å². The lowest BCUT2D eigenvalue weighted by atomic mass is 10.1. The van der Waals surface area contributed by atoms with Gasteiger partial charge in [-0.15, -0.1) is 0 Å². The molecular formula is C14H18N2O3. The number of carbonyl (C=O) groups excluding carboxylic acids is 2. The van der Waals surface area contributed by atoms with Crippen LogP contribution in [0.2, 0.25) is 0 Å². The summed E-state index contributed by atoms with van der Waals surface area (Å²) in [5.41, 5.74) is 0.984. The Morgan fingerprint density at radius 2 is 2.00 bits per heavy atom. The number of nitrogens with one attached hydrogen (secondary N) is 1. The number of rotatable bonds is 4. The molecule has 0 unspecified atom stereocenters. The molecule has 0 bridgehead atoms. The summed E-state index contributed by atoms with van der Waals surface area (Å²) < 4.78 is 5.74. The van der Waals surface area contributed by atoms with E-state index in [2.05, 4.69) is 5.32 Å². The van der Waals surface area contributed by atoms with Crippen LogP contribution in [0.25, 0.3) is 0 Å². The lowest BCUT2D eigenvalue weighted by Crippen LogP contribution is -2.23. The molecule has 5 nitrogen and oxygen atoms in total. The van der Waals surface area contributed by atoms with E-state index in [0.717, 1.165) is 12.8 Å². The first-order valence-corrected chi connectivity index (χ1v) is 6.27. The van der Waals surface area contributed by atoms with Crippen molar-refractivity contribution in [2.24, 2.45) is 0 Å². The molecule has 1 aliphatic carbocycles. The molecule has 0 atom stereocenters. The molecule has 1 fully saturated rings. The van der Waals surface area contributed by atoms with Gasteiger partial charge < -0.3 is 15.0 Å². The molecule has 0 radical (unpaired) electrons. The predicted molar refractivity (Wildman–Crippen MR) is 71.5 cm³/mol. The zero-order valence-corrected chi connectivity index (χ0v) is 11.4. The molecular weight excluding hydrogens is 244 g/mol. The molecule has 0 heterocycles. The van der Waals surface area contributed by atoms with Gasteiger partial charge in [0.1, 0.15) is 5.75 Å². The largest absolute Gasteiger partial charge is 0.490 e. The number of hydrogen-bond acceptors (Lipinski definition) is 3. The molecule has 1 N–H and O–H groups in total. The van der Waals surface area contributed by atoms with Crippen molar-refractivity contribution in [1.82, 2.24) is 10.2 Å². The summed E-state index contributed by atoms with van der Waals surface area (Å²) in [5, 5.41) is 2.56. The highest BCUT2D eigenvalue weighted by Crippen LogP contribution is 2.30. The first-order chi connectivity index (χ1) is 9.02. The highest BCUT2D eigenvalue weighted by molar-refractivity contribution is 6.00. The van der Waals surface area contributed by atoms with Crippen LogP contribution in [-0.2, 0) is 0 Å². The smallest absolute Gasteiger partial charge is 0.257 e. The molecule has 0 spiro atoms. The second-order valence-electron chi connectivity index (χ2n) is 4.81. The molecule has 5 heteroatoms. The number of ether oxygens (including phenoxy) is 1. The van der Waals surface area contributed by atoms with Gasteiger partial charge in [-0.3, -0.25) is 9.59 Å². The molecule has 0 saturated heterocycles. The Balaban J connectivity index is 2.35. The van der Waals surface area contributed by atoms with Gasteiger partial charge in [-0.2, -0.15) is 0 Å². The summed E-state index contributed by atoms with van der Waals surface area (Å²) >= 11 is 0. The third-order valence-electron chi connectivity index (χ3n) is 2.93. The van der Waals surface area contributed by atoms with Crippen molar-refractivity contribution >= 4 is 11.8 Å². The van der Waals surface area contributed by atoms with Gasteiger partial charge in [-0.1, -0.05) is 0 Å². The van der Waals surface area contributed by atoms with Gasteiger partial charge in [0.15, 0.2) is 0 Å². The second kappa shape index (κ2) is 5.30. The van der Waals surface area contributed by atoms with Crippen LogP contribution >= 0.6 is 0 Å². The Morgan fingerprint density at radius 1 is 1.32 bits per heavy atom. The van der Waals surface area contributed by atoms with Crippen molar-refractivity contribution in [2.45, 2.75) is 18.9 Å².